The van der Waals surface area contributed by atoms with Gasteiger partial charge in [-0.2, -0.15) is 0 Å². The summed E-state index contributed by atoms with van der Waals surface area (Å²) in [4.78, 5) is 24.9. The van der Waals surface area contributed by atoms with Crippen LogP contribution in [-0.4, -0.2) is 39.1 Å². The standard InChI is InChI=1S/C17H17BrN6O2S2/c18-13-6-2-1-5-12(13)15-22-23-17(24(15)19)28-10-14(25)21-16(26)20-8-7-11-4-3-9-27-11/h1-6,9H,7-8,10,19H2,(H2,20,21,25,26). The van der Waals surface area contributed by atoms with E-state index in [1.807, 2.05) is 41.8 Å². The maximum absolute atomic E-state index is 12.0. The molecule has 0 aliphatic carbocycles. The van der Waals surface area contributed by atoms with E-state index in [-0.39, 0.29) is 5.75 Å². The first-order chi connectivity index (χ1) is 13.5. The Labute approximate surface area is 178 Å². The van der Waals surface area contributed by atoms with Gasteiger partial charge in [-0.1, -0.05) is 45.9 Å². The fourth-order valence-corrected chi connectivity index (χ4v) is 4.12. The predicted molar refractivity (Wildman–Crippen MR) is 114 cm³/mol. The number of thiophene rings is 1. The van der Waals surface area contributed by atoms with Gasteiger partial charge < -0.3 is 11.2 Å². The Morgan fingerprint density at radius 1 is 1.21 bits per heavy atom. The van der Waals surface area contributed by atoms with Crippen molar-refractivity contribution in [3.05, 3.63) is 51.1 Å². The minimum Gasteiger partial charge on any atom is -0.337 e. The van der Waals surface area contributed by atoms with E-state index in [0.29, 0.717) is 17.5 Å². The number of amides is 3. The number of carbonyl (C=O) groups is 2. The molecule has 3 amide bonds. The molecule has 0 radical (unpaired) electrons. The first kappa shape index (κ1) is 20.4. The van der Waals surface area contributed by atoms with Crippen molar-refractivity contribution >= 4 is 51.0 Å². The molecule has 2 aromatic heterocycles. The summed E-state index contributed by atoms with van der Waals surface area (Å²) < 4.78 is 2.15. The number of nitrogens with two attached hydrogens (primary N) is 1. The van der Waals surface area contributed by atoms with E-state index in [1.165, 1.54) is 9.55 Å². The lowest BCUT2D eigenvalue weighted by Crippen LogP contribution is -2.41. The quantitative estimate of drug-likeness (QED) is 0.353. The molecule has 0 aliphatic rings. The van der Waals surface area contributed by atoms with Crippen LogP contribution in [0.3, 0.4) is 0 Å². The van der Waals surface area contributed by atoms with Gasteiger partial charge in [0.1, 0.15) is 0 Å². The van der Waals surface area contributed by atoms with Gasteiger partial charge in [0.05, 0.1) is 5.75 Å². The van der Waals surface area contributed by atoms with Crippen LogP contribution in [0.2, 0.25) is 0 Å². The fourth-order valence-electron chi connectivity index (χ4n) is 2.29. The number of urea groups is 1. The summed E-state index contributed by atoms with van der Waals surface area (Å²) >= 11 is 6.17. The lowest BCUT2D eigenvalue weighted by Gasteiger charge is -2.07. The Hall–Kier alpha value is -2.37. The molecule has 0 saturated heterocycles. The van der Waals surface area contributed by atoms with Crippen LogP contribution in [0.5, 0.6) is 0 Å². The number of imide groups is 1. The normalized spacial score (nSPS) is 10.6. The zero-order valence-electron chi connectivity index (χ0n) is 14.6. The number of benzene rings is 1. The molecule has 0 unspecified atom stereocenters. The topological polar surface area (TPSA) is 115 Å². The maximum atomic E-state index is 12.0. The Balaban J connectivity index is 1.47. The highest BCUT2D eigenvalue weighted by Gasteiger charge is 2.16. The van der Waals surface area contributed by atoms with Crippen LogP contribution in [0.4, 0.5) is 4.79 Å². The first-order valence-electron chi connectivity index (χ1n) is 8.23. The van der Waals surface area contributed by atoms with Gasteiger partial charge in [-0.05, 0) is 30.0 Å². The molecule has 8 nitrogen and oxygen atoms in total. The molecule has 0 fully saturated rings. The lowest BCUT2D eigenvalue weighted by atomic mass is 10.2. The van der Waals surface area contributed by atoms with E-state index in [4.69, 9.17) is 5.84 Å². The SMILES string of the molecule is Nn1c(SCC(=O)NC(=O)NCCc2cccs2)nnc1-c1ccccc1Br. The van der Waals surface area contributed by atoms with Crippen molar-refractivity contribution in [2.75, 3.05) is 18.1 Å². The number of rotatable bonds is 7. The molecule has 0 atom stereocenters. The summed E-state index contributed by atoms with van der Waals surface area (Å²) in [5.41, 5.74) is 0.791. The van der Waals surface area contributed by atoms with Crippen molar-refractivity contribution in [1.29, 1.82) is 0 Å². The summed E-state index contributed by atoms with van der Waals surface area (Å²) in [6.07, 6.45) is 0.724. The summed E-state index contributed by atoms with van der Waals surface area (Å²) in [6, 6.07) is 10.9. The zero-order chi connectivity index (χ0) is 19.9. The Morgan fingerprint density at radius 2 is 2.04 bits per heavy atom. The number of thioether (sulfide) groups is 1. The number of hydrogen-bond donors (Lipinski definition) is 3. The van der Waals surface area contributed by atoms with Gasteiger partial charge in [-0.3, -0.25) is 10.1 Å². The smallest absolute Gasteiger partial charge is 0.321 e. The van der Waals surface area contributed by atoms with Crippen molar-refractivity contribution in [3.8, 4) is 11.4 Å². The Bertz CT molecular complexity index is 960. The van der Waals surface area contributed by atoms with E-state index in [0.717, 1.165) is 28.2 Å². The molecule has 3 aromatic rings. The minimum absolute atomic E-state index is 0.0103. The van der Waals surface area contributed by atoms with Gasteiger partial charge in [-0.15, -0.1) is 21.5 Å². The van der Waals surface area contributed by atoms with Crippen molar-refractivity contribution in [1.82, 2.24) is 25.5 Å². The maximum Gasteiger partial charge on any atom is 0.321 e. The van der Waals surface area contributed by atoms with Crippen molar-refractivity contribution in [2.24, 2.45) is 0 Å². The second-order valence-corrected chi connectivity index (χ2v) is 8.41. The number of nitrogens with one attached hydrogen (secondary N) is 2. The number of carbonyl (C=O) groups excluding carboxylic acids is 2. The molecular weight excluding hydrogens is 464 g/mol. The van der Waals surface area contributed by atoms with E-state index in [2.05, 4.69) is 36.8 Å². The summed E-state index contributed by atoms with van der Waals surface area (Å²) in [6.45, 7) is 0.458. The largest absolute Gasteiger partial charge is 0.337 e. The van der Waals surface area contributed by atoms with E-state index < -0.39 is 11.9 Å². The van der Waals surface area contributed by atoms with Crippen LogP contribution in [0.15, 0.2) is 51.4 Å². The number of nitrogen functional groups attached to an aromatic ring is 1. The third kappa shape index (κ3) is 5.33. The summed E-state index contributed by atoms with van der Waals surface area (Å²) in [7, 11) is 0. The second-order valence-electron chi connectivity index (χ2n) is 5.58. The van der Waals surface area contributed by atoms with Crippen LogP contribution in [0.1, 0.15) is 4.88 Å². The molecule has 2 heterocycles. The molecule has 146 valence electrons. The van der Waals surface area contributed by atoms with Gasteiger partial charge in [-0.25, -0.2) is 9.47 Å². The van der Waals surface area contributed by atoms with Crippen molar-refractivity contribution < 1.29 is 9.59 Å². The summed E-state index contributed by atoms with van der Waals surface area (Å²) in [5, 5.41) is 15.4. The van der Waals surface area contributed by atoms with Crippen LogP contribution >= 0.6 is 39.0 Å². The molecule has 4 N–H and O–H groups in total. The third-order valence-electron chi connectivity index (χ3n) is 3.60. The van der Waals surface area contributed by atoms with Gasteiger partial charge in [0, 0.05) is 21.5 Å². The molecule has 11 heteroatoms. The van der Waals surface area contributed by atoms with E-state index >= 15 is 0 Å². The molecule has 0 aliphatic heterocycles. The van der Waals surface area contributed by atoms with E-state index in [9.17, 15) is 9.59 Å². The number of hydrogen-bond acceptors (Lipinski definition) is 7. The predicted octanol–water partition coefficient (Wildman–Crippen LogP) is 2.64. The molecule has 28 heavy (non-hydrogen) atoms. The molecule has 1 aromatic carbocycles. The van der Waals surface area contributed by atoms with Gasteiger partial charge in [0.2, 0.25) is 11.1 Å². The first-order valence-corrected chi connectivity index (χ1v) is 10.9. The highest BCUT2D eigenvalue weighted by molar-refractivity contribution is 9.10. The number of aromatic nitrogens is 3. The molecule has 0 bridgehead atoms. The zero-order valence-corrected chi connectivity index (χ0v) is 17.8. The monoisotopic (exact) mass is 480 g/mol. The minimum atomic E-state index is -0.523. The molecule has 0 spiro atoms. The van der Waals surface area contributed by atoms with Crippen LogP contribution in [0, 0.1) is 0 Å². The van der Waals surface area contributed by atoms with E-state index in [1.54, 1.807) is 11.3 Å². The average Bonchev–Trinajstić information content (AvgIpc) is 3.30. The average molecular weight is 481 g/mol. The molecule has 3 rings (SSSR count). The third-order valence-corrected chi connectivity index (χ3v) is 6.17. The Kier molecular flexibility index (Phi) is 7.06. The van der Waals surface area contributed by atoms with Crippen LogP contribution in [0.25, 0.3) is 11.4 Å². The fraction of sp³-hybridized carbons (Fsp3) is 0.176. The lowest BCUT2D eigenvalue weighted by molar-refractivity contribution is -0.117. The summed E-state index contributed by atoms with van der Waals surface area (Å²) in [5.74, 6) is 6.07. The van der Waals surface area contributed by atoms with Gasteiger partial charge >= 0.3 is 6.03 Å². The number of halogens is 1. The van der Waals surface area contributed by atoms with Crippen LogP contribution in [-0.2, 0) is 11.2 Å². The van der Waals surface area contributed by atoms with Crippen LogP contribution < -0.4 is 16.5 Å². The Morgan fingerprint density at radius 3 is 2.79 bits per heavy atom. The van der Waals surface area contributed by atoms with Crippen molar-refractivity contribution in [3.63, 3.8) is 0 Å². The highest BCUT2D eigenvalue weighted by Crippen LogP contribution is 2.27. The molecular formula is C17H17BrN6O2S2. The second kappa shape index (κ2) is 9.71. The van der Waals surface area contributed by atoms with Crippen molar-refractivity contribution in [2.45, 2.75) is 11.6 Å². The van der Waals surface area contributed by atoms with Gasteiger partial charge in [0.25, 0.3) is 0 Å². The highest BCUT2D eigenvalue weighted by atomic mass is 79.9. The number of nitrogens with zero attached hydrogens (tertiary/aromatic N) is 3. The van der Waals surface area contributed by atoms with Gasteiger partial charge in [0.15, 0.2) is 5.82 Å². The molecule has 0 saturated carbocycles.